The van der Waals surface area contributed by atoms with Crippen molar-refractivity contribution in [2.24, 2.45) is 5.16 Å². The lowest BCUT2D eigenvalue weighted by atomic mass is 10.3. The van der Waals surface area contributed by atoms with Crippen LogP contribution in [0.2, 0.25) is 0 Å². The van der Waals surface area contributed by atoms with Gasteiger partial charge in [0.05, 0.1) is 13.2 Å². The maximum atomic E-state index is 5.24. The van der Waals surface area contributed by atoms with Crippen molar-refractivity contribution in [1.82, 2.24) is 4.90 Å². The molecule has 66 valence electrons. The fourth-order valence-electron chi connectivity index (χ4n) is 1.33. The number of amidine groups is 1. The molecule has 2 heterocycles. The average molecular weight is 168 g/mol. The predicted molar refractivity (Wildman–Crippen MR) is 44.7 cm³/mol. The van der Waals surface area contributed by atoms with E-state index in [0.29, 0.717) is 0 Å². The molecule has 1 saturated heterocycles. The van der Waals surface area contributed by atoms with Gasteiger partial charge in [0.25, 0.3) is 0 Å². The minimum atomic E-state index is 0.794. The maximum absolute atomic E-state index is 5.24. The summed E-state index contributed by atoms with van der Waals surface area (Å²) in [6, 6.07) is 0. The normalized spacial score (nSPS) is 23.3. The van der Waals surface area contributed by atoms with Gasteiger partial charge in [-0.1, -0.05) is 5.16 Å². The van der Waals surface area contributed by atoms with Gasteiger partial charge in [-0.25, -0.2) is 0 Å². The molecule has 4 heteroatoms. The molecule has 0 saturated carbocycles. The number of hydrogen-bond acceptors (Lipinski definition) is 4. The number of hydrogen-bond donors (Lipinski definition) is 0. The van der Waals surface area contributed by atoms with E-state index in [1.165, 1.54) is 0 Å². The van der Waals surface area contributed by atoms with Gasteiger partial charge in [0.15, 0.2) is 0 Å². The summed E-state index contributed by atoms with van der Waals surface area (Å²) < 4.78 is 5.24. The molecule has 0 aliphatic carbocycles. The third-order valence-corrected chi connectivity index (χ3v) is 1.99. The summed E-state index contributed by atoms with van der Waals surface area (Å²) >= 11 is 0. The Kier molecular flexibility index (Phi) is 2.27. The number of oxime groups is 1. The highest BCUT2D eigenvalue weighted by atomic mass is 16.6. The molecule has 4 nitrogen and oxygen atoms in total. The van der Waals surface area contributed by atoms with Crippen LogP contribution in [0.1, 0.15) is 6.42 Å². The second kappa shape index (κ2) is 3.58. The monoisotopic (exact) mass is 168 g/mol. The summed E-state index contributed by atoms with van der Waals surface area (Å²) in [5.41, 5.74) is 0. The van der Waals surface area contributed by atoms with Gasteiger partial charge in [0, 0.05) is 19.5 Å². The van der Waals surface area contributed by atoms with E-state index in [9.17, 15) is 0 Å². The number of nitrogens with zero attached hydrogens (tertiary/aromatic N) is 2. The average Bonchev–Trinajstić information content (AvgIpc) is 2.21. The first-order valence-corrected chi connectivity index (χ1v) is 4.17. The van der Waals surface area contributed by atoms with Crippen LogP contribution in [0.3, 0.4) is 0 Å². The minimum absolute atomic E-state index is 0.794. The largest absolute Gasteiger partial charge is 0.378 e. The highest BCUT2D eigenvalue weighted by Gasteiger charge is 2.15. The van der Waals surface area contributed by atoms with Crippen LogP contribution in [0.25, 0.3) is 0 Å². The Labute approximate surface area is 71.4 Å². The van der Waals surface area contributed by atoms with Gasteiger partial charge in [-0.3, -0.25) is 0 Å². The Morgan fingerprint density at radius 3 is 2.83 bits per heavy atom. The molecule has 2 rings (SSSR count). The highest BCUT2D eigenvalue weighted by molar-refractivity contribution is 5.83. The standard InChI is InChI=1S/C8H12N2O2/c1-2-8(9-12-5-1)10-3-6-11-7-4-10/h1,5H,2-4,6-7H2. The van der Waals surface area contributed by atoms with Gasteiger partial charge in [0.2, 0.25) is 0 Å². The highest BCUT2D eigenvalue weighted by Crippen LogP contribution is 2.06. The third-order valence-electron chi connectivity index (χ3n) is 1.99. The Morgan fingerprint density at radius 1 is 1.33 bits per heavy atom. The van der Waals surface area contributed by atoms with E-state index in [1.807, 2.05) is 6.08 Å². The Hall–Kier alpha value is -1.03. The van der Waals surface area contributed by atoms with Crippen LogP contribution in [0.15, 0.2) is 17.5 Å². The van der Waals surface area contributed by atoms with Crippen LogP contribution in [0.4, 0.5) is 0 Å². The first-order valence-electron chi connectivity index (χ1n) is 4.17. The van der Waals surface area contributed by atoms with Crippen molar-refractivity contribution < 1.29 is 9.57 Å². The van der Waals surface area contributed by atoms with Crippen molar-refractivity contribution in [2.75, 3.05) is 26.3 Å². The zero-order chi connectivity index (χ0) is 8.23. The number of rotatable bonds is 0. The van der Waals surface area contributed by atoms with Gasteiger partial charge >= 0.3 is 0 Å². The van der Waals surface area contributed by atoms with Crippen molar-refractivity contribution in [3.8, 4) is 0 Å². The summed E-state index contributed by atoms with van der Waals surface area (Å²) in [5.74, 6) is 1.01. The van der Waals surface area contributed by atoms with Crippen LogP contribution < -0.4 is 0 Å². The first kappa shape index (κ1) is 7.61. The van der Waals surface area contributed by atoms with Crippen molar-refractivity contribution in [2.45, 2.75) is 6.42 Å². The molecule has 0 bridgehead atoms. The topological polar surface area (TPSA) is 34.1 Å². The fraction of sp³-hybridized carbons (Fsp3) is 0.625. The van der Waals surface area contributed by atoms with Gasteiger partial charge < -0.3 is 14.5 Å². The molecule has 0 aromatic rings. The van der Waals surface area contributed by atoms with Crippen molar-refractivity contribution in [3.63, 3.8) is 0 Å². The van der Waals surface area contributed by atoms with E-state index in [1.54, 1.807) is 6.26 Å². The van der Waals surface area contributed by atoms with Crippen molar-refractivity contribution in [1.29, 1.82) is 0 Å². The van der Waals surface area contributed by atoms with Crippen LogP contribution in [0, 0.1) is 0 Å². The summed E-state index contributed by atoms with van der Waals surface area (Å²) in [6.45, 7) is 3.44. The SMILES string of the molecule is C1=CON=C(N2CCOCC2)C1. The molecule has 0 spiro atoms. The molecule has 0 unspecified atom stereocenters. The third kappa shape index (κ3) is 1.58. The maximum Gasteiger partial charge on any atom is 0.149 e. The van der Waals surface area contributed by atoms with Gasteiger partial charge in [-0.2, -0.15) is 0 Å². The molecule has 2 aliphatic heterocycles. The summed E-state index contributed by atoms with van der Waals surface area (Å²) in [4.78, 5) is 7.06. The van der Waals surface area contributed by atoms with E-state index in [2.05, 4.69) is 10.1 Å². The lowest BCUT2D eigenvalue weighted by molar-refractivity contribution is 0.0651. The predicted octanol–water partition coefficient (Wildman–Crippen LogP) is 0.566. The van der Waals surface area contributed by atoms with Crippen molar-refractivity contribution >= 4 is 5.84 Å². The summed E-state index contributed by atoms with van der Waals surface area (Å²) in [5, 5.41) is 3.95. The molecule has 0 radical (unpaired) electrons. The van der Waals surface area contributed by atoms with Gasteiger partial charge in [0.1, 0.15) is 12.1 Å². The molecular formula is C8H12N2O2. The van der Waals surface area contributed by atoms with E-state index in [4.69, 9.17) is 9.57 Å². The Balaban J connectivity index is 1.93. The molecular weight excluding hydrogens is 156 g/mol. The molecule has 12 heavy (non-hydrogen) atoms. The zero-order valence-electron chi connectivity index (χ0n) is 6.90. The van der Waals surface area contributed by atoms with Gasteiger partial charge in [-0.15, -0.1) is 0 Å². The van der Waals surface area contributed by atoms with Crippen LogP contribution in [0.5, 0.6) is 0 Å². The molecule has 0 atom stereocenters. The fourth-order valence-corrected chi connectivity index (χ4v) is 1.33. The molecule has 2 aliphatic rings. The molecule has 0 amide bonds. The molecule has 0 aromatic carbocycles. The van der Waals surface area contributed by atoms with Gasteiger partial charge in [-0.05, 0) is 6.08 Å². The van der Waals surface area contributed by atoms with Crippen LogP contribution >= 0.6 is 0 Å². The number of ether oxygens (including phenoxy) is 1. The van der Waals surface area contributed by atoms with E-state index < -0.39 is 0 Å². The lowest BCUT2D eigenvalue weighted by Gasteiger charge is -2.29. The Bertz CT molecular complexity index is 207. The molecule has 0 N–H and O–H groups in total. The van der Waals surface area contributed by atoms with Crippen LogP contribution in [-0.2, 0) is 9.57 Å². The lowest BCUT2D eigenvalue weighted by Crippen LogP contribution is -2.40. The summed E-state index contributed by atoms with van der Waals surface area (Å²) in [7, 11) is 0. The smallest absolute Gasteiger partial charge is 0.149 e. The van der Waals surface area contributed by atoms with E-state index in [0.717, 1.165) is 38.6 Å². The van der Waals surface area contributed by atoms with Crippen LogP contribution in [-0.4, -0.2) is 37.0 Å². The second-order valence-corrected chi connectivity index (χ2v) is 2.79. The first-order chi connectivity index (χ1) is 5.97. The minimum Gasteiger partial charge on any atom is -0.378 e. The van der Waals surface area contributed by atoms with E-state index in [-0.39, 0.29) is 0 Å². The van der Waals surface area contributed by atoms with Crippen molar-refractivity contribution in [3.05, 3.63) is 12.3 Å². The van der Waals surface area contributed by atoms with E-state index >= 15 is 0 Å². The molecule has 1 fully saturated rings. The Morgan fingerprint density at radius 2 is 2.17 bits per heavy atom. The second-order valence-electron chi connectivity index (χ2n) is 2.79. The molecule has 0 aromatic heterocycles. The number of morpholine rings is 1. The zero-order valence-corrected chi connectivity index (χ0v) is 6.90. The quantitative estimate of drug-likeness (QED) is 0.530. The summed E-state index contributed by atoms with van der Waals surface area (Å²) in [6.07, 6.45) is 4.46.